The summed E-state index contributed by atoms with van der Waals surface area (Å²) in [6.07, 6.45) is 7.44. The first kappa shape index (κ1) is 11.6. The van der Waals surface area contributed by atoms with Crippen LogP contribution in [-0.4, -0.2) is 4.57 Å². The molecule has 0 saturated heterocycles. The first-order valence-corrected chi connectivity index (χ1v) is 7.07. The van der Waals surface area contributed by atoms with E-state index in [1.54, 1.807) is 11.1 Å². The van der Waals surface area contributed by atoms with Gasteiger partial charge in [0.1, 0.15) is 0 Å². The minimum Gasteiger partial charge on any atom is -0.347 e. The van der Waals surface area contributed by atoms with Gasteiger partial charge in [0.25, 0.3) is 0 Å². The van der Waals surface area contributed by atoms with Crippen molar-refractivity contribution in [2.75, 3.05) is 0 Å². The highest BCUT2D eigenvalue weighted by Crippen LogP contribution is 2.35. The Kier molecular flexibility index (Phi) is 2.99. The number of hydrogen-bond donors (Lipinski definition) is 0. The molecular formula is C17H21N. The van der Waals surface area contributed by atoms with Crippen molar-refractivity contribution in [2.45, 2.75) is 46.1 Å². The summed E-state index contributed by atoms with van der Waals surface area (Å²) in [6, 6.07) is 8.98. The monoisotopic (exact) mass is 239 g/mol. The van der Waals surface area contributed by atoms with Gasteiger partial charge in [0.2, 0.25) is 0 Å². The van der Waals surface area contributed by atoms with Crippen LogP contribution < -0.4 is 0 Å². The molecule has 2 aromatic rings. The van der Waals surface area contributed by atoms with Crippen LogP contribution in [0.25, 0.3) is 11.3 Å². The molecule has 0 amide bonds. The summed E-state index contributed by atoms with van der Waals surface area (Å²) in [7, 11) is 0. The maximum Gasteiger partial charge on any atom is 0.0515 e. The summed E-state index contributed by atoms with van der Waals surface area (Å²) in [5.74, 6) is 0. The van der Waals surface area contributed by atoms with Gasteiger partial charge in [-0.2, -0.15) is 0 Å². The Morgan fingerprint density at radius 1 is 1.11 bits per heavy atom. The predicted molar refractivity (Wildman–Crippen MR) is 76.9 cm³/mol. The lowest BCUT2D eigenvalue weighted by atomic mass is 9.89. The van der Waals surface area contributed by atoms with E-state index in [-0.39, 0.29) is 0 Å². The molecule has 1 nitrogen and oxygen atoms in total. The zero-order valence-electron chi connectivity index (χ0n) is 11.4. The fraction of sp³-hybridized carbons (Fsp3) is 0.412. The lowest BCUT2D eigenvalue weighted by molar-refractivity contribution is 0.639. The fourth-order valence-corrected chi connectivity index (χ4v) is 2.79. The Bertz CT molecular complexity index is 546. The SMILES string of the molecule is CCCCn1cc2c(c1-c1ccc(C)cc1)CC2. The molecule has 0 fully saturated rings. The third-order valence-corrected chi connectivity index (χ3v) is 3.99. The van der Waals surface area contributed by atoms with Crippen LogP contribution in [0.5, 0.6) is 0 Å². The predicted octanol–water partition coefficient (Wildman–Crippen LogP) is 4.36. The fourth-order valence-electron chi connectivity index (χ4n) is 2.79. The zero-order valence-corrected chi connectivity index (χ0v) is 11.4. The van der Waals surface area contributed by atoms with Crippen molar-refractivity contribution >= 4 is 0 Å². The van der Waals surface area contributed by atoms with Crippen molar-refractivity contribution < 1.29 is 0 Å². The molecule has 1 heterocycles. The molecule has 0 atom stereocenters. The summed E-state index contributed by atoms with van der Waals surface area (Å²) in [4.78, 5) is 0. The molecule has 0 aliphatic heterocycles. The molecule has 0 saturated carbocycles. The molecule has 1 aromatic heterocycles. The van der Waals surface area contributed by atoms with Gasteiger partial charge < -0.3 is 4.57 Å². The van der Waals surface area contributed by atoms with Crippen LogP contribution >= 0.6 is 0 Å². The number of aromatic nitrogens is 1. The molecule has 18 heavy (non-hydrogen) atoms. The number of aryl methyl sites for hydroxylation is 3. The number of benzene rings is 1. The molecule has 1 aliphatic rings. The molecule has 3 rings (SSSR count). The average molecular weight is 239 g/mol. The van der Waals surface area contributed by atoms with Gasteiger partial charge in [-0.1, -0.05) is 43.2 Å². The van der Waals surface area contributed by atoms with E-state index >= 15 is 0 Å². The van der Waals surface area contributed by atoms with E-state index < -0.39 is 0 Å². The lowest BCUT2D eigenvalue weighted by Gasteiger charge is -2.16. The minimum atomic E-state index is 1.16. The van der Waals surface area contributed by atoms with Gasteiger partial charge >= 0.3 is 0 Å². The van der Waals surface area contributed by atoms with Crippen molar-refractivity contribution in [2.24, 2.45) is 0 Å². The Balaban J connectivity index is 2.01. The van der Waals surface area contributed by atoms with Crippen LogP contribution in [0.4, 0.5) is 0 Å². The van der Waals surface area contributed by atoms with Gasteiger partial charge in [-0.3, -0.25) is 0 Å². The van der Waals surface area contributed by atoms with Crippen LogP contribution in [0.1, 0.15) is 36.5 Å². The smallest absolute Gasteiger partial charge is 0.0515 e. The second-order valence-corrected chi connectivity index (χ2v) is 5.39. The van der Waals surface area contributed by atoms with Crippen LogP contribution in [0.3, 0.4) is 0 Å². The highest BCUT2D eigenvalue weighted by Gasteiger charge is 2.22. The minimum absolute atomic E-state index is 1.16. The maximum atomic E-state index is 2.48. The summed E-state index contributed by atoms with van der Waals surface area (Å²) in [5, 5.41) is 0. The molecule has 0 radical (unpaired) electrons. The van der Waals surface area contributed by atoms with E-state index in [1.165, 1.54) is 42.5 Å². The van der Waals surface area contributed by atoms with Gasteiger partial charge in [0.05, 0.1) is 5.69 Å². The zero-order chi connectivity index (χ0) is 12.5. The highest BCUT2D eigenvalue weighted by molar-refractivity contribution is 5.68. The Labute approximate surface area is 109 Å². The quantitative estimate of drug-likeness (QED) is 0.747. The van der Waals surface area contributed by atoms with Crippen molar-refractivity contribution in [3.8, 4) is 11.3 Å². The molecule has 0 unspecified atom stereocenters. The van der Waals surface area contributed by atoms with E-state index in [4.69, 9.17) is 0 Å². The molecule has 94 valence electrons. The standard InChI is InChI=1S/C17H21N/c1-3-4-11-18-12-15-9-10-16(15)17(18)14-7-5-13(2)6-8-14/h5-8,12H,3-4,9-11H2,1-2H3. The van der Waals surface area contributed by atoms with E-state index in [9.17, 15) is 0 Å². The van der Waals surface area contributed by atoms with Crippen LogP contribution in [0, 0.1) is 6.92 Å². The molecule has 1 aliphatic carbocycles. The van der Waals surface area contributed by atoms with Gasteiger partial charge in [0.15, 0.2) is 0 Å². The van der Waals surface area contributed by atoms with E-state index in [0.29, 0.717) is 0 Å². The van der Waals surface area contributed by atoms with E-state index in [0.717, 1.165) is 6.54 Å². The van der Waals surface area contributed by atoms with Crippen molar-refractivity contribution in [3.63, 3.8) is 0 Å². The lowest BCUT2D eigenvalue weighted by Crippen LogP contribution is -2.05. The van der Waals surface area contributed by atoms with Crippen LogP contribution in [0.15, 0.2) is 30.5 Å². The number of fused-ring (bicyclic) bond motifs is 1. The number of nitrogens with zero attached hydrogens (tertiary/aromatic N) is 1. The van der Waals surface area contributed by atoms with Crippen molar-refractivity contribution in [1.82, 2.24) is 4.57 Å². The molecule has 1 aromatic carbocycles. The second-order valence-electron chi connectivity index (χ2n) is 5.39. The molecule has 0 N–H and O–H groups in total. The third kappa shape index (κ3) is 1.88. The summed E-state index contributed by atoms with van der Waals surface area (Å²) in [5.41, 5.74) is 7.36. The van der Waals surface area contributed by atoms with Gasteiger partial charge in [-0.05, 0) is 42.9 Å². The van der Waals surface area contributed by atoms with Crippen molar-refractivity contribution in [3.05, 3.63) is 47.2 Å². The largest absolute Gasteiger partial charge is 0.347 e. The number of unbranched alkanes of at least 4 members (excludes halogenated alkanes) is 1. The normalized spacial score (nSPS) is 13.2. The number of hydrogen-bond acceptors (Lipinski definition) is 0. The summed E-state index contributed by atoms with van der Waals surface area (Å²) < 4.78 is 2.48. The Hall–Kier alpha value is -1.50. The summed E-state index contributed by atoms with van der Waals surface area (Å²) in [6.45, 7) is 5.57. The molecular weight excluding hydrogens is 218 g/mol. The first-order chi connectivity index (χ1) is 8.79. The topological polar surface area (TPSA) is 4.93 Å². The Morgan fingerprint density at radius 3 is 2.50 bits per heavy atom. The molecule has 1 heteroatoms. The van der Waals surface area contributed by atoms with Gasteiger partial charge in [0, 0.05) is 12.7 Å². The van der Waals surface area contributed by atoms with Gasteiger partial charge in [-0.15, -0.1) is 0 Å². The van der Waals surface area contributed by atoms with Crippen LogP contribution in [-0.2, 0) is 19.4 Å². The molecule has 0 bridgehead atoms. The first-order valence-electron chi connectivity index (χ1n) is 7.07. The Morgan fingerprint density at radius 2 is 1.89 bits per heavy atom. The maximum absolute atomic E-state index is 2.48. The molecule has 0 spiro atoms. The van der Waals surface area contributed by atoms with E-state index in [1.807, 2.05) is 0 Å². The number of rotatable bonds is 4. The average Bonchev–Trinajstić information content (AvgIpc) is 2.60. The summed E-state index contributed by atoms with van der Waals surface area (Å²) >= 11 is 0. The van der Waals surface area contributed by atoms with E-state index in [2.05, 4.69) is 48.9 Å². The highest BCUT2D eigenvalue weighted by atomic mass is 15.0. The second kappa shape index (κ2) is 4.64. The third-order valence-electron chi connectivity index (χ3n) is 3.99. The van der Waals surface area contributed by atoms with Gasteiger partial charge in [-0.25, -0.2) is 0 Å². The van der Waals surface area contributed by atoms with Crippen molar-refractivity contribution in [1.29, 1.82) is 0 Å². The van der Waals surface area contributed by atoms with Crippen LogP contribution in [0.2, 0.25) is 0 Å².